The smallest absolute Gasteiger partial charge is 0.314 e. The van der Waals surface area contributed by atoms with Gasteiger partial charge in [0.05, 0.1) is 11.7 Å². The first-order valence-electron chi connectivity index (χ1n) is 3.38. The first-order chi connectivity index (χ1) is 4.98. The van der Waals surface area contributed by atoms with E-state index in [1.165, 1.54) is 6.26 Å². The third kappa shape index (κ3) is 4.42. The molecule has 0 heterocycles. The van der Waals surface area contributed by atoms with Crippen molar-refractivity contribution in [1.82, 2.24) is 0 Å². The maximum Gasteiger partial charge on any atom is 0.314 e. The first-order valence-corrected chi connectivity index (χ1v) is 3.38. The number of esters is 1. The summed E-state index contributed by atoms with van der Waals surface area (Å²) < 4.78 is 9.33. The number of carbonyl (C=O) groups is 1. The molecule has 0 rings (SSSR count). The van der Waals surface area contributed by atoms with Gasteiger partial charge < -0.3 is 9.47 Å². The van der Waals surface area contributed by atoms with E-state index in [2.05, 4.69) is 11.3 Å². The lowest BCUT2D eigenvalue weighted by Crippen LogP contribution is -2.23. The van der Waals surface area contributed by atoms with E-state index in [1.807, 2.05) is 0 Å². The Morgan fingerprint density at radius 1 is 1.55 bits per heavy atom. The number of hydrogen-bond donors (Lipinski definition) is 0. The van der Waals surface area contributed by atoms with Crippen molar-refractivity contribution in [2.75, 3.05) is 6.79 Å². The Labute approximate surface area is 67.0 Å². The number of carbonyl (C=O) groups excluding carboxylic acids is 1. The van der Waals surface area contributed by atoms with Gasteiger partial charge in [-0.3, -0.25) is 4.79 Å². The summed E-state index contributed by atoms with van der Waals surface area (Å²) in [5.41, 5.74) is -0.468. The lowest BCUT2D eigenvalue weighted by Gasteiger charge is -2.15. The number of hydrogen-bond acceptors (Lipinski definition) is 3. The van der Waals surface area contributed by atoms with Gasteiger partial charge in [-0.2, -0.15) is 0 Å². The summed E-state index contributed by atoms with van der Waals surface area (Å²) in [6, 6.07) is 0. The summed E-state index contributed by atoms with van der Waals surface area (Å²) in [7, 11) is 0. The van der Waals surface area contributed by atoms with E-state index in [0.29, 0.717) is 0 Å². The van der Waals surface area contributed by atoms with E-state index < -0.39 is 5.41 Å². The highest BCUT2D eigenvalue weighted by Crippen LogP contribution is 2.14. The molecule has 0 unspecified atom stereocenters. The topological polar surface area (TPSA) is 35.5 Å². The summed E-state index contributed by atoms with van der Waals surface area (Å²) in [6.45, 7) is 8.59. The van der Waals surface area contributed by atoms with Crippen LogP contribution in [0.4, 0.5) is 0 Å². The highest BCUT2D eigenvalue weighted by atomic mass is 16.7. The molecule has 0 aliphatic carbocycles. The molecule has 0 spiro atoms. The lowest BCUT2D eigenvalue weighted by atomic mass is 9.98. The monoisotopic (exact) mass is 158 g/mol. The van der Waals surface area contributed by atoms with Gasteiger partial charge in [-0.15, -0.1) is 0 Å². The zero-order valence-electron chi connectivity index (χ0n) is 7.22. The summed E-state index contributed by atoms with van der Waals surface area (Å²) in [5, 5.41) is 0. The molecular weight excluding hydrogens is 144 g/mol. The van der Waals surface area contributed by atoms with E-state index in [-0.39, 0.29) is 12.8 Å². The van der Waals surface area contributed by atoms with Crippen molar-refractivity contribution in [3.8, 4) is 0 Å². The number of ether oxygens (including phenoxy) is 2. The van der Waals surface area contributed by atoms with Crippen LogP contribution in [0, 0.1) is 5.41 Å². The largest absolute Gasteiger partial charge is 0.466 e. The molecule has 0 N–H and O–H groups in total. The summed E-state index contributed by atoms with van der Waals surface area (Å²) in [4.78, 5) is 11.0. The Hall–Kier alpha value is -0.990. The van der Waals surface area contributed by atoms with Gasteiger partial charge in [0.1, 0.15) is 0 Å². The van der Waals surface area contributed by atoms with Gasteiger partial charge in [-0.25, -0.2) is 0 Å². The van der Waals surface area contributed by atoms with Crippen LogP contribution in [0.3, 0.4) is 0 Å². The van der Waals surface area contributed by atoms with Crippen LogP contribution in [-0.4, -0.2) is 12.8 Å². The first kappa shape index (κ1) is 10.0. The average molecular weight is 158 g/mol. The summed E-state index contributed by atoms with van der Waals surface area (Å²) in [6.07, 6.45) is 1.23. The Morgan fingerprint density at radius 2 is 2.09 bits per heavy atom. The lowest BCUT2D eigenvalue weighted by molar-refractivity contribution is -0.161. The molecule has 0 amide bonds. The minimum absolute atomic E-state index is 0.0559. The van der Waals surface area contributed by atoms with Gasteiger partial charge >= 0.3 is 5.97 Å². The molecule has 0 aromatic carbocycles. The Balaban J connectivity index is 3.62. The highest BCUT2D eigenvalue weighted by molar-refractivity contribution is 5.75. The Bertz CT molecular complexity index is 144. The minimum Gasteiger partial charge on any atom is -0.466 e. The van der Waals surface area contributed by atoms with E-state index >= 15 is 0 Å². The van der Waals surface area contributed by atoms with Crippen molar-refractivity contribution in [1.29, 1.82) is 0 Å². The average Bonchev–Trinajstić information content (AvgIpc) is 1.86. The van der Waals surface area contributed by atoms with Gasteiger partial charge in [-0.1, -0.05) is 6.58 Å². The quantitative estimate of drug-likeness (QED) is 0.271. The fraction of sp³-hybridized carbons (Fsp3) is 0.625. The second-order valence-corrected chi connectivity index (χ2v) is 3.13. The molecule has 0 aromatic heterocycles. The van der Waals surface area contributed by atoms with Crippen molar-refractivity contribution >= 4 is 5.97 Å². The molecule has 0 radical (unpaired) electrons. The van der Waals surface area contributed by atoms with Crippen LogP contribution in [0.25, 0.3) is 0 Å². The molecule has 3 nitrogen and oxygen atoms in total. The third-order valence-corrected chi connectivity index (χ3v) is 0.988. The maximum absolute atomic E-state index is 11.0. The van der Waals surface area contributed by atoms with Crippen molar-refractivity contribution in [3.05, 3.63) is 12.8 Å². The molecule has 3 heteroatoms. The van der Waals surface area contributed by atoms with E-state index in [0.717, 1.165) is 0 Å². The molecular formula is C8H14O3. The molecule has 0 saturated heterocycles. The van der Waals surface area contributed by atoms with E-state index in [1.54, 1.807) is 20.8 Å². The molecule has 0 aliphatic rings. The zero-order valence-corrected chi connectivity index (χ0v) is 7.22. The Morgan fingerprint density at radius 3 is 2.45 bits per heavy atom. The molecule has 11 heavy (non-hydrogen) atoms. The Kier molecular flexibility index (Phi) is 3.65. The van der Waals surface area contributed by atoms with E-state index in [9.17, 15) is 4.79 Å². The molecule has 0 saturated carbocycles. The predicted molar refractivity (Wildman–Crippen MR) is 41.7 cm³/mol. The minimum atomic E-state index is -0.468. The molecule has 0 aromatic rings. The normalized spacial score (nSPS) is 10.5. The third-order valence-electron chi connectivity index (χ3n) is 0.988. The van der Waals surface area contributed by atoms with Gasteiger partial charge in [0.25, 0.3) is 0 Å². The van der Waals surface area contributed by atoms with Gasteiger partial charge in [0.15, 0.2) is 0 Å². The fourth-order valence-electron chi connectivity index (χ4n) is 0.352. The van der Waals surface area contributed by atoms with Crippen LogP contribution in [0.2, 0.25) is 0 Å². The molecule has 0 atom stereocenters. The second-order valence-electron chi connectivity index (χ2n) is 3.13. The van der Waals surface area contributed by atoms with Crippen LogP contribution < -0.4 is 0 Å². The predicted octanol–water partition coefficient (Wildman–Crippen LogP) is 1.69. The summed E-state index contributed by atoms with van der Waals surface area (Å²) in [5.74, 6) is -0.278. The SMILES string of the molecule is C=COCOC(=O)C(C)(C)C. The zero-order chi connectivity index (χ0) is 8.91. The van der Waals surface area contributed by atoms with Gasteiger partial charge in [0, 0.05) is 0 Å². The van der Waals surface area contributed by atoms with Crippen LogP contribution in [0.15, 0.2) is 12.8 Å². The van der Waals surface area contributed by atoms with Crippen molar-refractivity contribution < 1.29 is 14.3 Å². The fourth-order valence-corrected chi connectivity index (χ4v) is 0.352. The molecule has 0 aliphatic heterocycles. The number of rotatable bonds is 3. The van der Waals surface area contributed by atoms with Crippen molar-refractivity contribution in [2.45, 2.75) is 20.8 Å². The van der Waals surface area contributed by atoms with Gasteiger partial charge in [-0.05, 0) is 20.8 Å². The van der Waals surface area contributed by atoms with Crippen molar-refractivity contribution in [3.63, 3.8) is 0 Å². The van der Waals surface area contributed by atoms with Crippen LogP contribution in [-0.2, 0) is 14.3 Å². The standard InChI is InChI=1S/C8H14O3/c1-5-10-6-11-7(9)8(2,3)4/h5H,1,6H2,2-4H3. The highest BCUT2D eigenvalue weighted by Gasteiger charge is 2.22. The second kappa shape index (κ2) is 4.01. The van der Waals surface area contributed by atoms with E-state index in [4.69, 9.17) is 4.74 Å². The van der Waals surface area contributed by atoms with Crippen LogP contribution >= 0.6 is 0 Å². The van der Waals surface area contributed by atoms with Gasteiger partial charge in [0.2, 0.25) is 6.79 Å². The molecule has 64 valence electrons. The molecule has 0 fully saturated rings. The molecule has 0 bridgehead atoms. The summed E-state index contributed by atoms with van der Waals surface area (Å²) >= 11 is 0. The van der Waals surface area contributed by atoms with Crippen LogP contribution in [0.5, 0.6) is 0 Å². The van der Waals surface area contributed by atoms with Crippen LogP contribution in [0.1, 0.15) is 20.8 Å². The van der Waals surface area contributed by atoms with Crippen molar-refractivity contribution in [2.24, 2.45) is 5.41 Å². The maximum atomic E-state index is 11.0.